The van der Waals surface area contributed by atoms with Gasteiger partial charge in [-0.3, -0.25) is 4.99 Å². The molecule has 0 bridgehead atoms. The Labute approximate surface area is 125 Å². The van der Waals surface area contributed by atoms with E-state index in [4.69, 9.17) is 0 Å². The molecule has 2 rings (SSSR count). The third-order valence-electron chi connectivity index (χ3n) is 2.51. The standard InChI is InChI=1S/C12H16N2S.Na.H/c1-9-5-3-6-10(2)11(9)14-12-13-7-4-8-15-12;;/h3,5-6H,4,7-8H2,1-2H3,(H,13,14);;/q;+1;-1. The molecule has 1 aromatic carbocycles. The smallest absolute Gasteiger partial charge is 1.00 e. The molecule has 1 aliphatic heterocycles. The molecule has 1 N–H and O–H groups in total. The first-order chi connectivity index (χ1) is 7.27. The normalized spacial score (nSPS) is 15.0. The minimum absolute atomic E-state index is 0. The Hall–Kier alpha value is 0.0400. The molecule has 1 aromatic rings. The number of aryl methyl sites for hydroxylation is 2. The number of anilines is 1. The van der Waals surface area contributed by atoms with Gasteiger partial charge in [-0.25, -0.2) is 0 Å². The van der Waals surface area contributed by atoms with Crippen LogP contribution in [0.15, 0.2) is 23.2 Å². The SMILES string of the molecule is Cc1cccc(C)c1NC1=NCCCS1.[H-].[Na+]. The summed E-state index contributed by atoms with van der Waals surface area (Å²) in [5, 5.41) is 4.50. The van der Waals surface area contributed by atoms with Crippen LogP contribution in [0.2, 0.25) is 0 Å². The van der Waals surface area contributed by atoms with Gasteiger partial charge in [0.05, 0.1) is 0 Å². The summed E-state index contributed by atoms with van der Waals surface area (Å²) < 4.78 is 0. The van der Waals surface area contributed by atoms with Crippen molar-refractivity contribution >= 4 is 22.6 Å². The number of aliphatic imine (C=N–C) groups is 1. The van der Waals surface area contributed by atoms with E-state index in [1.54, 1.807) is 0 Å². The molecule has 0 aromatic heterocycles. The fourth-order valence-electron chi connectivity index (χ4n) is 1.65. The Kier molecular flexibility index (Phi) is 5.90. The molecule has 0 spiro atoms. The van der Waals surface area contributed by atoms with Crippen molar-refractivity contribution in [3.8, 4) is 0 Å². The van der Waals surface area contributed by atoms with Crippen molar-refractivity contribution in [3.63, 3.8) is 0 Å². The largest absolute Gasteiger partial charge is 1.00 e. The quantitative estimate of drug-likeness (QED) is 0.720. The second-order valence-corrected chi connectivity index (χ2v) is 4.86. The summed E-state index contributed by atoms with van der Waals surface area (Å²) in [6, 6.07) is 6.35. The van der Waals surface area contributed by atoms with Crippen LogP contribution in [0.5, 0.6) is 0 Å². The molecule has 0 saturated heterocycles. The zero-order valence-electron chi connectivity index (χ0n) is 11.2. The summed E-state index contributed by atoms with van der Waals surface area (Å²) >= 11 is 1.81. The van der Waals surface area contributed by atoms with E-state index in [0.717, 1.165) is 11.7 Å². The van der Waals surface area contributed by atoms with Gasteiger partial charge in [-0.05, 0) is 31.4 Å². The predicted molar refractivity (Wildman–Crippen MR) is 70.0 cm³/mol. The van der Waals surface area contributed by atoms with Crippen LogP contribution in [-0.4, -0.2) is 17.5 Å². The average molecular weight is 244 g/mol. The molecule has 0 aliphatic carbocycles. The van der Waals surface area contributed by atoms with E-state index >= 15 is 0 Å². The van der Waals surface area contributed by atoms with E-state index in [2.05, 4.69) is 42.4 Å². The number of para-hydroxylation sites is 1. The zero-order chi connectivity index (χ0) is 10.7. The first-order valence-corrected chi connectivity index (χ1v) is 6.26. The molecule has 2 nitrogen and oxygen atoms in total. The summed E-state index contributed by atoms with van der Waals surface area (Å²) in [5.74, 6) is 1.18. The summed E-state index contributed by atoms with van der Waals surface area (Å²) in [5.41, 5.74) is 3.78. The average Bonchev–Trinajstić information content (AvgIpc) is 2.25. The van der Waals surface area contributed by atoms with Gasteiger partial charge in [0.1, 0.15) is 0 Å². The molecule has 4 heteroatoms. The molecule has 0 unspecified atom stereocenters. The van der Waals surface area contributed by atoms with Gasteiger partial charge in [0, 0.05) is 18.0 Å². The minimum atomic E-state index is 0. The van der Waals surface area contributed by atoms with Crippen LogP contribution in [0.25, 0.3) is 0 Å². The molecule has 0 amide bonds. The van der Waals surface area contributed by atoms with Crippen molar-refractivity contribution in [2.45, 2.75) is 20.3 Å². The Morgan fingerprint density at radius 1 is 1.31 bits per heavy atom. The number of thioether (sulfide) groups is 1. The van der Waals surface area contributed by atoms with Gasteiger partial charge in [0.25, 0.3) is 0 Å². The van der Waals surface area contributed by atoms with Crippen LogP contribution in [0.3, 0.4) is 0 Å². The molecular formula is C12H17N2NaS. The summed E-state index contributed by atoms with van der Waals surface area (Å²) in [4.78, 5) is 4.48. The Bertz CT molecular complexity index is 376. The van der Waals surface area contributed by atoms with Gasteiger partial charge >= 0.3 is 29.6 Å². The van der Waals surface area contributed by atoms with E-state index in [1.807, 2.05) is 11.8 Å². The first-order valence-electron chi connectivity index (χ1n) is 5.28. The molecule has 16 heavy (non-hydrogen) atoms. The molecule has 0 atom stereocenters. The van der Waals surface area contributed by atoms with Crippen molar-refractivity contribution in [2.75, 3.05) is 17.6 Å². The molecule has 0 radical (unpaired) electrons. The van der Waals surface area contributed by atoms with E-state index < -0.39 is 0 Å². The van der Waals surface area contributed by atoms with Crippen LogP contribution in [0.4, 0.5) is 5.69 Å². The van der Waals surface area contributed by atoms with Gasteiger partial charge in [0.2, 0.25) is 0 Å². The van der Waals surface area contributed by atoms with Crippen LogP contribution in [0, 0.1) is 13.8 Å². The number of amidine groups is 1. The minimum Gasteiger partial charge on any atom is -1.00 e. The van der Waals surface area contributed by atoms with Crippen molar-refractivity contribution < 1.29 is 31.0 Å². The molecule has 1 aliphatic rings. The predicted octanol–water partition coefficient (Wildman–Crippen LogP) is 0.325. The monoisotopic (exact) mass is 244 g/mol. The molecule has 0 saturated carbocycles. The number of nitrogens with one attached hydrogen (secondary N) is 1. The van der Waals surface area contributed by atoms with Gasteiger partial charge in [-0.2, -0.15) is 0 Å². The second kappa shape index (κ2) is 6.70. The Morgan fingerprint density at radius 3 is 2.56 bits per heavy atom. The number of nitrogens with zero attached hydrogens (tertiary/aromatic N) is 1. The van der Waals surface area contributed by atoms with Crippen molar-refractivity contribution in [2.24, 2.45) is 4.99 Å². The van der Waals surface area contributed by atoms with Crippen molar-refractivity contribution in [1.29, 1.82) is 0 Å². The molecule has 1 heterocycles. The van der Waals surface area contributed by atoms with Crippen LogP contribution in [0.1, 0.15) is 19.0 Å². The summed E-state index contributed by atoms with van der Waals surface area (Å²) in [6.07, 6.45) is 1.20. The third kappa shape index (κ3) is 3.52. The molecule has 82 valence electrons. The third-order valence-corrected chi connectivity index (χ3v) is 3.51. The maximum absolute atomic E-state index is 4.48. The van der Waals surface area contributed by atoms with Gasteiger partial charge < -0.3 is 6.74 Å². The Balaban J connectivity index is 0.00000128. The van der Waals surface area contributed by atoms with E-state index in [1.165, 1.54) is 29.0 Å². The molecular weight excluding hydrogens is 227 g/mol. The van der Waals surface area contributed by atoms with Crippen molar-refractivity contribution in [3.05, 3.63) is 29.3 Å². The van der Waals surface area contributed by atoms with Gasteiger partial charge in [-0.1, -0.05) is 30.0 Å². The summed E-state index contributed by atoms with van der Waals surface area (Å²) in [7, 11) is 0. The molecule has 0 fully saturated rings. The van der Waals surface area contributed by atoms with Crippen LogP contribution in [-0.2, 0) is 0 Å². The number of rotatable bonds is 1. The second-order valence-electron chi connectivity index (χ2n) is 3.78. The summed E-state index contributed by atoms with van der Waals surface area (Å²) in [6.45, 7) is 5.22. The van der Waals surface area contributed by atoms with E-state index in [0.29, 0.717) is 0 Å². The maximum atomic E-state index is 4.48. The van der Waals surface area contributed by atoms with Crippen LogP contribution < -0.4 is 34.9 Å². The zero-order valence-corrected chi connectivity index (χ0v) is 13.0. The number of hydrogen-bond acceptors (Lipinski definition) is 3. The number of benzene rings is 1. The Morgan fingerprint density at radius 2 is 2.00 bits per heavy atom. The van der Waals surface area contributed by atoms with Crippen molar-refractivity contribution in [1.82, 2.24) is 0 Å². The fraction of sp³-hybridized carbons (Fsp3) is 0.417. The van der Waals surface area contributed by atoms with Gasteiger partial charge in [0.15, 0.2) is 5.17 Å². The maximum Gasteiger partial charge on any atom is 1.00 e. The topological polar surface area (TPSA) is 24.4 Å². The fourth-order valence-corrected chi connectivity index (χ4v) is 2.48. The van der Waals surface area contributed by atoms with Crippen LogP contribution >= 0.6 is 11.8 Å². The van der Waals surface area contributed by atoms with E-state index in [-0.39, 0.29) is 31.0 Å². The van der Waals surface area contributed by atoms with E-state index in [9.17, 15) is 0 Å². The number of hydrogen-bond donors (Lipinski definition) is 1. The first kappa shape index (κ1) is 14.1. The van der Waals surface area contributed by atoms with Gasteiger partial charge in [-0.15, -0.1) is 0 Å².